The van der Waals surface area contributed by atoms with Crippen molar-refractivity contribution < 1.29 is 0 Å². The number of hydrogen-bond donors (Lipinski definition) is 1. The molecule has 1 saturated heterocycles. The SMILES string of the molecule is Cc1cccc(NC[C@H]2CCN(c3cncc(C)n3)C2)n1. The lowest BCUT2D eigenvalue weighted by Crippen LogP contribution is -2.23. The van der Waals surface area contributed by atoms with E-state index in [1.54, 1.807) is 6.20 Å². The number of pyridine rings is 1. The van der Waals surface area contributed by atoms with Gasteiger partial charge in [-0.2, -0.15) is 0 Å². The first-order valence-electron chi connectivity index (χ1n) is 7.42. The molecule has 1 aliphatic heterocycles. The van der Waals surface area contributed by atoms with Crippen molar-refractivity contribution >= 4 is 11.6 Å². The zero-order valence-electron chi connectivity index (χ0n) is 12.6. The van der Waals surface area contributed by atoms with Crippen molar-refractivity contribution in [1.29, 1.82) is 0 Å². The summed E-state index contributed by atoms with van der Waals surface area (Å²) < 4.78 is 0. The third-order valence-electron chi connectivity index (χ3n) is 3.81. The van der Waals surface area contributed by atoms with E-state index in [2.05, 4.69) is 25.2 Å². The third kappa shape index (κ3) is 3.48. The Balaban J connectivity index is 1.55. The summed E-state index contributed by atoms with van der Waals surface area (Å²) in [5.41, 5.74) is 2.01. The molecule has 1 aliphatic rings. The summed E-state index contributed by atoms with van der Waals surface area (Å²) in [6.07, 6.45) is 4.82. The van der Waals surface area contributed by atoms with Gasteiger partial charge in [0.05, 0.1) is 11.9 Å². The molecule has 0 unspecified atom stereocenters. The second kappa shape index (κ2) is 6.08. The average molecular weight is 283 g/mol. The van der Waals surface area contributed by atoms with E-state index in [0.717, 1.165) is 42.7 Å². The Hall–Kier alpha value is -2.17. The van der Waals surface area contributed by atoms with Crippen LogP contribution in [0.4, 0.5) is 11.6 Å². The smallest absolute Gasteiger partial charge is 0.147 e. The standard InChI is InChI=1S/C16H21N5/c1-12-4-3-5-15(19-12)18-9-14-6-7-21(11-14)16-10-17-8-13(2)20-16/h3-5,8,10,14H,6-7,9,11H2,1-2H3,(H,18,19)/t14-/m1/s1. The molecule has 0 aliphatic carbocycles. The van der Waals surface area contributed by atoms with Crippen molar-refractivity contribution in [1.82, 2.24) is 15.0 Å². The monoisotopic (exact) mass is 283 g/mol. The number of anilines is 2. The minimum atomic E-state index is 0.620. The van der Waals surface area contributed by atoms with Crippen molar-refractivity contribution in [3.63, 3.8) is 0 Å². The van der Waals surface area contributed by atoms with E-state index < -0.39 is 0 Å². The van der Waals surface area contributed by atoms with Crippen LogP contribution in [0.1, 0.15) is 17.8 Å². The zero-order chi connectivity index (χ0) is 14.7. The number of rotatable bonds is 4. The summed E-state index contributed by atoms with van der Waals surface area (Å²) in [5, 5.41) is 3.44. The van der Waals surface area contributed by atoms with Gasteiger partial charge < -0.3 is 10.2 Å². The number of hydrogen-bond acceptors (Lipinski definition) is 5. The molecule has 5 nitrogen and oxygen atoms in total. The molecular formula is C16H21N5. The zero-order valence-corrected chi connectivity index (χ0v) is 12.6. The molecule has 0 spiro atoms. The maximum atomic E-state index is 4.55. The highest BCUT2D eigenvalue weighted by atomic mass is 15.2. The van der Waals surface area contributed by atoms with Crippen LogP contribution in [0.2, 0.25) is 0 Å². The quantitative estimate of drug-likeness (QED) is 0.934. The van der Waals surface area contributed by atoms with Gasteiger partial charge in [0.25, 0.3) is 0 Å². The van der Waals surface area contributed by atoms with Crippen molar-refractivity contribution in [3.8, 4) is 0 Å². The van der Waals surface area contributed by atoms with Crippen molar-refractivity contribution in [3.05, 3.63) is 42.0 Å². The normalized spacial score (nSPS) is 18.0. The topological polar surface area (TPSA) is 53.9 Å². The van der Waals surface area contributed by atoms with Crippen LogP contribution >= 0.6 is 0 Å². The number of nitrogens with one attached hydrogen (secondary N) is 1. The van der Waals surface area contributed by atoms with Gasteiger partial charge in [-0.1, -0.05) is 6.07 Å². The molecule has 0 bridgehead atoms. The maximum Gasteiger partial charge on any atom is 0.147 e. The summed E-state index contributed by atoms with van der Waals surface area (Å²) in [6.45, 7) is 7.02. The Bertz CT molecular complexity index is 613. The average Bonchev–Trinajstić information content (AvgIpc) is 2.94. The van der Waals surface area contributed by atoms with Gasteiger partial charge in [0.1, 0.15) is 11.6 Å². The Labute approximate surface area is 125 Å². The van der Waals surface area contributed by atoms with Gasteiger partial charge >= 0.3 is 0 Å². The first kappa shape index (κ1) is 13.8. The van der Waals surface area contributed by atoms with Gasteiger partial charge in [0, 0.05) is 31.5 Å². The van der Waals surface area contributed by atoms with Crippen LogP contribution in [0.5, 0.6) is 0 Å². The van der Waals surface area contributed by atoms with Gasteiger partial charge in [-0.15, -0.1) is 0 Å². The van der Waals surface area contributed by atoms with Gasteiger partial charge in [-0.3, -0.25) is 4.98 Å². The fraction of sp³-hybridized carbons (Fsp3) is 0.438. The number of aryl methyl sites for hydroxylation is 2. The molecule has 0 amide bonds. The fourth-order valence-corrected chi connectivity index (χ4v) is 2.70. The van der Waals surface area contributed by atoms with Crippen LogP contribution in [0, 0.1) is 19.8 Å². The molecule has 2 aromatic heterocycles. The molecule has 0 radical (unpaired) electrons. The van der Waals surface area contributed by atoms with Crippen LogP contribution in [0.3, 0.4) is 0 Å². The van der Waals surface area contributed by atoms with Crippen LogP contribution in [-0.2, 0) is 0 Å². The van der Waals surface area contributed by atoms with Crippen LogP contribution < -0.4 is 10.2 Å². The fourth-order valence-electron chi connectivity index (χ4n) is 2.70. The van der Waals surface area contributed by atoms with E-state index in [1.807, 2.05) is 38.2 Å². The van der Waals surface area contributed by atoms with E-state index in [1.165, 1.54) is 6.42 Å². The third-order valence-corrected chi connectivity index (χ3v) is 3.81. The molecule has 0 aromatic carbocycles. The summed E-state index contributed by atoms with van der Waals surface area (Å²) in [6, 6.07) is 6.07. The molecule has 3 rings (SSSR count). The Kier molecular flexibility index (Phi) is 3.99. The highest BCUT2D eigenvalue weighted by Gasteiger charge is 2.23. The number of nitrogens with zero attached hydrogens (tertiary/aromatic N) is 4. The highest BCUT2D eigenvalue weighted by Crippen LogP contribution is 2.22. The largest absolute Gasteiger partial charge is 0.370 e. The predicted octanol–water partition coefficient (Wildman–Crippen LogP) is 2.43. The Morgan fingerprint density at radius 3 is 2.90 bits per heavy atom. The van der Waals surface area contributed by atoms with E-state index in [0.29, 0.717) is 5.92 Å². The van der Waals surface area contributed by atoms with E-state index in [9.17, 15) is 0 Å². The summed E-state index contributed by atoms with van der Waals surface area (Å²) in [7, 11) is 0. The molecule has 21 heavy (non-hydrogen) atoms. The molecule has 2 aromatic rings. The number of aromatic nitrogens is 3. The lowest BCUT2D eigenvalue weighted by molar-refractivity contribution is 0.620. The van der Waals surface area contributed by atoms with Crippen molar-refractivity contribution in [2.24, 2.45) is 5.92 Å². The van der Waals surface area contributed by atoms with Crippen LogP contribution in [0.25, 0.3) is 0 Å². The highest BCUT2D eigenvalue weighted by molar-refractivity contribution is 5.39. The molecule has 1 fully saturated rings. The molecule has 0 saturated carbocycles. The molecule has 5 heteroatoms. The second-order valence-corrected chi connectivity index (χ2v) is 5.66. The Morgan fingerprint density at radius 2 is 2.10 bits per heavy atom. The van der Waals surface area contributed by atoms with Gasteiger partial charge in [0.15, 0.2) is 0 Å². The maximum absolute atomic E-state index is 4.55. The van der Waals surface area contributed by atoms with E-state index >= 15 is 0 Å². The minimum Gasteiger partial charge on any atom is -0.370 e. The summed E-state index contributed by atoms with van der Waals surface area (Å²) in [5.74, 6) is 2.57. The minimum absolute atomic E-state index is 0.620. The lowest BCUT2D eigenvalue weighted by atomic mass is 10.1. The first-order valence-corrected chi connectivity index (χ1v) is 7.42. The summed E-state index contributed by atoms with van der Waals surface area (Å²) in [4.78, 5) is 15.6. The summed E-state index contributed by atoms with van der Waals surface area (Å²) >= 11 is 0. The van der Waals surface area contributed by atoms with E-state index in [-0.39, 0.29) is 0 Å². The Morgan fingerprint density at radius 1 is 1.19 bits per heavy atom. The second-order valence-electron chi connectivity index (χ2n) is 5.66. The van der Waals surface area contributed by atoms with Gasteiger partial charge in [-0.05, 0) is 38.3 Å². The van der Waals surface area contributed by atoms with Crippen LogP contribution in [0.15, 0.2) is 30.6 Å². The van der Waals surface area contributed by atoms with Crippen molar-refractivity contribution in [2.45, 2.75) is 20.3 Å². The van der Waals surface area contributed by atoms with Crippen molar-refractivity contribution in [2.75, 3.05) is 29.9 Å². The van der Waals surface area contributed by atoms with E-state index in [4.69, 9.17) is 0 Å². The predicted molar refractivity (Wildman–Crippen MR) is 84.6 cm³/mol. The van der Waals surface area contributed by atoms with Gasteiger partial charge in [-0.25, -0.2) is 9.97 Å². The molecular weight excluding hydrogens is 262 g/mol. The molecule has 3 heterocycles. The lowest BCUT2D eigenvalue weighted by Gasteiger charge is -2.17. The first-order chi connectivity index (χ1) is 10.2. The molecule has 1 N–H and O–H groups in total. The molecule has 1 atom stereocenters. The molecule has 110 valence electrons. The van der Waals surface area contributed by atoms with Crippen LogP contribution in [-0.4, -0.2) is 34.6 Å². The van der Waals surface area contributed by atoms with Gasteiger partial charge in [0.2, 0.25) is 0 Å².